The molecular weight excluding hydrogens is 283 g/mol. The maximum Gasteiger partial charge on any atom is 0.228 e. The van der Waals surface area contributed by atoms with Gasteiger partial charge < -0.3 is 5.32 Å². The van der Waals surface area contributed by atoms with Gasteiger partial charge in [0.15, 0.2) is 0 Å². The molecule has 0 fully saturated rings. The second-order valence-electron chi connectivity index (χ2n) is 4.18. The molecule has 0 unspecified atom stereocenters. The lowest BCUT2D eigenvalue weighted by molar-refractivity contribution is -0.115. The van der Waals surface area contributed by atoms with Gasteiger partial charge in [-0.25, -0.2) is 4.98 Å². The van der Waals surface area contributed by atoms with Gasteiger partial charge in [-0.1, -0.05) is 35.3 Å². The average molecular weight is 295 g/mol. The van der Waals surface area contributed by atoms with Crippen molar-refractivity contribution in [3.05, 3.63) is 57.8 Å². The summed E-state index contributed by atoms with van der Waals surface area (Å²) in [5.74, 6) is -0.106. The van der Waals surface area contributed by atoms with Crippen LogP contribution >= 0.6 is 23.2 Å². The van der Waals surface area contributed by atoms with E-state index in [1.165, 1.54) is 6.20 Å². The molecule has 0 bridgehead atoms. The van der Waals surface area contributed by atoms with Crippen LogP contribution in [0.2, 0.25) is 10.2 Å². The molecule has 3 nitrogen and oxygen atoms in total. The highest BCUT2D eigenvalue weighted by atomic mass is 35.5. The molecule has 0 radical (unpaired) electrons. The van der Waals surface area contributed by atoms with Crippen molar-refractivity contribution in [3.8, 4) is 0 Å². The van der Waals surface area contributed by atoms with Crippen molar-refractivity contribution in [1.29, 1.82) is 0 Å². The highest BCUT2D eigenvalue weighted by molar-refractivity contribution is 6.30. The van der Waals surface area contributed by atoms with E-state index in [9.17, 15) is 4.79 Å². The van der Waals surface area contributed by atoms with E-state index < -0.39 is 0 Å². The van der Waals surface area contributed by atoms with Crippen LogP contribution in [0.1, 0.15) is 11.1 Å². The molecule has 2 aromatic rings. The molecule has 0 aliphatic carbocycles. The van der Waals surface area contributed by atoms with Gasteiger partial charge >= 0.3 is 0 Å². The van der Waals surface area contributed by atoms with Gasteiger partial charge in [0.05, 0.1) is 18.3 Å². The lowest BCUT2D eigenvalue weighted by Gasteiger charge is -2.06. The van der Waals surface area contributed by atoms with Crippen molar-refractivity contribution in [2.75, 3.05) is 5.32 Å². The van der Waals surface area contributed by atoms with Gasteiger partial charge in [-0.05, 0) is 36.2 Å². The Morgan fingerprint density at radius 2 is 1.95 bits per heavy atom. The molecule has 1 amide bonds. The van der Waals surface area contributed by atoms with Gasteiger partial charge in [0.1, 0.15) is 5.15 Å². The van der Waals surface area contributed by atoms with Crippen LogP contribution in [-0.4, -0.2) is 10.9 Å². The lowest BCUT2D eigenvalue weighted by atomic mass is 10.1. The van der Waals surface area contributed by atoms with Gasteiger partial charge in [-0.15, -0.1) is 0 Å². The summed E-state index contributed by atoms with van der Waals surface area (Å²) in [5.41, 5.74) is 2.37. The smallest absolute Gasteiger partial charge is 0.228 e. The zero-order valence-electron chi connectivity index (χ0n) is 10.3. The molecule has 19 heavy (non-hydrogen) atoms. The van der Waals surface area contributed by atoms with Gasteiger partial charge in [-0.3, -0.25) is 4.79 Å². The fourth-order valence-corrected chi connectivity index (χ4v) is 1.85. The molecule has 1 N–H and O–H groups in total. The molecule has 1 aromatic heterocycles. The van der Waals surface area contributed by atoms with E-state index >= 15 is 0 Å². The van der Waals surface area contributed by atoms with Gasteiger partial charge in [0, 0.05) is 5.02 Å². The first-order valence-electron chi connectivity index (χ1n) is 5.71. The number of anilines is 1. The summed E-state index contributed by atoms with van der Waals surface area (Å²) in [4.78, 5) is 15.8. The average Bonchev–Trinajstić information content (AvgIpc) is 2.37. The Morgan fingerprint density at radius 3 is 2.58 bits per heavy atom. The van der Waals surface area contributed by atoms with E-state index in [2.05, 4.69) is 10.3 Å². The van der Waals surface area contributed by atoms with E-state index in [1.807, 2.05) is 19.1 Å². The highest BCUT2D eigenvalue weighted by Crippen LogP contribution is 2.16. The number of rotatable bonds is 3. The number of carbonyl (C=O) groups is 1. The minimum absolute atomic E-state index is 0.106. The Kier molecular flexibility index (Phi) is 4.40. The molecule has 1 aromatic carbocycles. The van der Waals surface area contributed by atoms with Crippen molar-refractivity contribution >= 4 is 34.8 Å². The van der Waals surface area contributed by atoms with Crippen LogP contribution in [0, 0.1) is 6.92 Å². The number of benzene rings is 1. The Labute approximate surface area is 121 Å². The number of pyridine rings is 1. The molecule has 0 atom stereocenters. The number of hydrogen-bond acceptors (Lipinski definition) is 2. The molecule has 5 heteroatoms. The fourth-order valence-electron chi connectivity index (χ4n) is 1.62. The minimum Gasteiger partial charge on any atom is -0.324 e. The van der Waals surface area contributed by atoms with Crippen molar-refractivity contribution in [2.45, 2.75) is 13.3 Å². The first kappa shape index (κ1) is 13.8. The number of nitrogens with zero attached hydrogens (tertiary/aromatic N) is 1. The Morgan fingerprint density at radius 1 is 1.26 bits per heavy atom. The first-order valence-corrected chi connectivity index (χ1v) is 6.46. The molecule has 1 heterocycles. The van der Waals surface area contributed by atoms with Crippen molar-refractivity contribution < 1.29 is 4.79 Å². The standard InChI is InChI=1S/C14H12Cl2N2O/c1-9-6-12(8-17-14(9)16)18-13(19)7-10-2-4-11(15)5-3-10/h2-6,8H,7H2,1H3,(H,18,19). The van der Waals surface area contributed by atoms with Gasteiger partial charge in [-0.2, -0.15) is 0 Å². The van der Waals surface area contributed by atoms with E-state index in [4.69, 9.17) is 23.2 Å². The number of nitrogens with one attached hydrogen (secondary N) is 1. The quantitative estimate of drug-likeness (QED) is 0.873. The molecule has 2 rings (SSSR count). The molecule has 0 spiro atoms. The predicted octanol–water partition coefficient (Wildman–Crippen LogP) is 3.88. The predicted molar refractivity (Wildman–Crippen MR) is 77.8 cm³/mol. The second-order valence-corrected chi connectivity index (χ2v) is 4.98. The summed E-state index contributed by atoms with van der Waals surface area (Å²) >= 11 is 11.6. The van der Waals surface area contributed by atoms with E-state index in [0.29, 0.717) is 22.3 Å². The Balaban J connectivity index is 2.01. The Bertz CT molecular complexity index is 597. The summed E-state index contributed by atoms with van der Waals surface area (Å²) in [5, 5.41) is 3.87. The number of carbonyl (C=O) groups excluding carboxylic acids is 1. The number of aromatic nitrogens is 1. The van der Waals surface area contributed by atoms with Crippen LogP contribution in [0.5, 0.6) is 0 Å². The lowest BCUT2D eigenvalue weighted by Crippen LogP contribution is -2.14. The molecule has 0 aliphatic rings. The SMILES string of the molecule is Cc1cc(NC(=O)Cc2ccc(Cl)cc2)cnc1Cl. The summed E-state index contributed by atoms with van der Waals surface area (Å²) in [6.07, 6.45) is 1.83. The summed E-state index contributed by atoms with van der Waals surface area (Å²) < 4.78 is 0. The zero-order chi connectivity index (χ0) is 13.8. The highest BCUT2D eigenvalue weighted by Gasteiger charge is 2.06. The monoisotopic (exact) mass is 294 g/mol. The largest absolute Gasteiger partial charge is 0.324 e. The molecule has 98 valence electrons. The van der Waals surface area contributed by atoms with E-state index in [0.717, 1.165) is 11.1 Å². The third kappa shape index (κ3) is 3.94. The number of aryl methyl sites for hydroxylation is 1. The van der Waals surface area contributed by atoms with Crippen molar-refractivity contribution in [3.63, 3.8) is 0 Å². The molecular formula is C14H12Cl2N2O. The number of hydrogen-bond donors (Lipinski definition) is 1. The van der Waals surface area contributed by atoms with Gasteiger partial charge in [0.25, 0.3) is 0 Å². The summed E-state index contributed by atoms with van der Waals surface area (Å²) in [6, 6.07) is 8.96. The minimum atomic E-state index is -0.106. The van der Waals surface area contributed by atoms with Crippen LogP contribution in [0.4, 0.5) is 5.69 Å². The number of halogens is 2. The molecule has 0 saturated heterocycles. The fraction of sp³-hybridized carbons (Fsp3) is 0.143. The second kappa shape index (κ2) is 6.04. The summed E-state index contributed by atoms with van der Waals surface area (Å²) in [6.45, 7) is 1.84. The Hall–Kier alpha value is -1.58. The summed E-state index contributed by atoms with van der Waals surface area (Å²) in [7, 11) is 0. The maximum atomic E-state index is 11.9. The van der Waals surface area contributed by atoms with Crippen molar-refractivity contribution in [1.82, 2.24) is 4.98 Å². The van der Waals surface area contributed by atoms with E-state index in [-0.39, 0.29) is 5.91 Å². The normalized spacial score (nSPS) is 10.3. The van der Waals surface area contributed by atoms with Crippen LogP contribution in [0.25, 0.3) is 0 Å². The molecule has 0 saturated carbocycles. The van der Waals surface area contributed by atoms with Crippen LogP contribution in [0.15, 0.2) is 36.5 Å². The zero-order valence-corrected chi connectivity index (χ0v) is 11.8. The van der Waals surface area contributed by atoms with Crippen LogP contribution < -0.4 is 5.32 Å². The van der Waals surface area contributed by atoms with Crippen LogP contribution in [0.3, 0.4) is 0 Å². The third-order valence-electron chi connectivity index (χ3n) is 2.58. The molecule has 0 aliphatic heterocycles. The van der Waals surface area contributed by atoms with Crippen LogP contribution in [-0.2, 0) is 11.2 Å². The van der Waals surface area contributed by atoms with Gasteiger partial charge in [0.2, 0.25) is 5.91 Å². The van der Waals surface area contributed by atoms with E-state index in [1.54, 1.807) is 18.2 Å². The topological polar surface area (TPSA) is 42.0 Å². The number of amides is 1. The first-order chi connectivity index (χ1) is 9.04. The van der Waals surface area contributed by atoms with Crippen molar-refractivity contribution in [2.24, 2.45) is 0 Å². The maximum absolute atomic E-state index is 11.9. The third-order valence-corrected chi connectivity index (χ3v) is 3.22.